The summed E-state index contributed by atoms with van der Waals surface area (Å²) < 4.78 is 6.41. The van der Waals surface area contributed by atoms with E-state index in [4.69, 9.17) is 14.6 Å². The number of aliphatic imine (C=N–C) groups is 1. The van der Waals surface area contributed by atoms with Crippen LogP contribution in [0.5, 0.6) is 0 Å². The Morgan fingerprint density at radius 1 is 1.05 bits per heavy atom. The number of ether oxygens (including phenoxy) is 1. The number of hydroxylamine groups is 1. The highest BCUT2D eigenvalue weighted by molar-refractivity contribution is 9.11. The molecule has 5 atom stereocenters. The number of nitrogens with one attached hydrogen (secondary N) is 8. The largest absolute Gasteiger partial charge is 0.378 e. The highest BCUT2D eigenvalue weighted by Crippen LogP contribution is 2.35. The van der Waals surface area contributed by atoms with E-state index in [1.54, 1.807) is 6.08 Å². The second kappa shape index (κ2) is 21.4. The zero-order valence-electron chi connectivity index (χ0n) is 35.3. The van der Waals surface area contributed by atoms with Crippen molar-refractivity contribution >= 4 is 63.1 Å². The van der Waals surface area contributed by atoms with E-state index in [-0.39, 0.29) is 91.5 Å². The standard InChI is InChI=1S/C41H58BrN11O7S/c1-6-52(29-12-14-32(44-20-29)47-40-48-36-23(2)35(25(4)54)39(58)53(37(36)49-40)28-9-7-8-10-28)22-43-21-34(56)51-60-18-17-59-16-15-33(55)46-31-19-27(42)11-13-30(31)38(57)50-41-45-24(3)26(5)61-41/h11-14,20,28,31-32,36-37,41,43-45H,6-10,15-19,21-22H2,1-5H3,(H,46,55)(H,50,57)(H,51,56)(H2,47,48,49). The topological polar surface area (TPSA) is 219 Å². The fourth-order valence-electron chi connectivity index (χ4n) is 7.96. The molecule has 0 saturated heterocycles. The molecule has 1 saturated carbocycles. The van der Waals surface area contributed by atoms with Crippen molar-refractivity contribution in [3.8, 4) is 0 Å². The van der Waals surface area contributed by atoms with Crippen LogP contribution in [0.2, 0.25) is 0 Å². The maximum Gasteiger partial charge on any atom is 0.259 e. The number of thioether (sulfide) groups is 1. The fourth-order valence-corrected chi connectivity index (χ4v) is 9.40. The van der Waals surface area contributed by atoms with Crippen molar-refractivity contribution in [2.24, 2.45) is 4.99 Å². The van der Waals surface area contributed by atoms with Crippen LogP contribution >= 0.6 is 27.7 Å². The Balaban J connectivity index is 0.837. The van der Waals surface area contributed by atoms with Crippen LogP contribution in [0.1, 0.15) is 73.1 Å². The third-order valence-electron chi connectivity index (χ3n) is 11.3. The minimum Gasteiger partial charge on any atom is -0.378 e. The summed E-state index contributed by atoms with van der Waals surface area (Å²) in [5, 5.41) is 22.4. The van der Waals surface area contributed by atoms with Crippen molar-refractivity contribution in [1.29, 1.82) is 0 Å². The van der Waals surface area contributed by atoms with Crippen molar-refractivity contribution in [3.05, 3.63) is 68.0 Å². The van der Waals surface area contributed by atoms with Crippen molar-refractivity contribution in [2.75, 3.05) is 39.6 Å². The molecule has 6 rings (SSSR count). The molecule has 1 fully saturated rings. The summed E-state index contributed by atoms with van der Waals surface area (Å²) in [5.74, 6) is -0.733. The molecule has 0 aromatic rings. The monoisotopic (exact) mass is 927 g/mol. The predicted octanol–water partition coefficient (Wildman–Crippen LogP) is 1.65. The van der Waals surface area contributed by atoms with Crippen molar-refractivity contribution < 1.29 is 33.5 Å². The number of rotatable bonds is 19. The van der Waals surface area contributed by atoms with Gasteiger partial charge >= 0.3 is 0 Å². The second-order valence-corrected chi connectivity index (χ2v) is 17.9. The molecule has 18 nitrogen and oxygen atoms in total. The highest BCUT2D eigenvalue weighted by Gasteiger charge is 2.47. The van der Waals surface area contributed by atoms with Crippen LogP contribution in [0.25, 0.3) is 0 Å². The number of dihydropyridines is 1. The Bertz CT molecular complexity index is 1930. The van der Waals surface area contributed by atoms with Crippen LogP contribution in [-0.4, -0.2) is 121 Å². The number of guanidine groups is 1. The van der Waals surface area contributed by atoms with E-state index in [0.29, 0.717) is 31.2 Å². The maximum absolute atomic E-state index is 13.5. The quantitative estimate of drug-likeness (QED) is 0.0400. The van der Waals surface area contributed by atoms with Gasteiger partial charge in [0.25, 0.3) is 17.7 Å². The molecule has 20 heteroatoms. The van der Waals surface area contributed by atoms with Crippen LogP contribution < -0.4 is 42.7 Å². The Labute approximate surface area is 369 Å². The number of fused-ring (bicyclic) bond motifs is 1. The third-order valence-corrected chi connectivity index (χ3v) is 13.0. The summed E-state index contributed by atoms with van der Waals surface area (Å²) >= 11 is 5.02. The van der Waals surface area contributed by atoms with Gasteiger partial charge in [0, 0.05) is 47.8 Å². The molecule has 8 N–H and O–H groups in total. The number of halogens is 1. The number of likely N-dealkylation sites (N-methyl/N-ethyl adjacent to an activating group) is 1. The smallest absolute Gasteiger partial charge is 0.259 e. The zero-order chi connectivity index (χ0) is 43.6. The van der Waals surface area contributed by atoms with Crippen molar-refractivity contribution in [1.82, 2.24) is 52.5 Å². The van der Waals surface area contributed by atoms with Crippen molar-refractivity contribution in [3.63, 3.8) is 0 Å². The van der Waals surface area contributed by atoms with E-state index in [0.717, 1.165) is 52.0 Å². The second-order valence-electron chi connectivity index (χ2n) is 15.5. The molecule has 61 heavy (non-hydrogen) atoms. The summed E-state index contributed by atoms with van der Waals surface area (Å²) in [6, 6.07) is -0.675. The van der Waals surface area contributed by atoms with Crippen LogP contribution in [0.15, 0.2) is 73.0 Å². The molecule has 4 heterocycles. The van der Waals surface area contributed by atoms with E-state index in [9.17, 15) is 24.0 Å². The van der Waals surface area contributed by atoms with Gasteiger partial charge in [0.15, 0.2) is 23.4 Å². The molecular formula is C41H58BrN11O7S. The number of allylic oxidation sites excluding steroid dienone is 5. The fraction of sp³-hybridized carbons (Fsp3) is 0.561. The van der Waals surface area contributed by atoms with Crippen LogP contribution in [-0.2, 0) is 33.5 Å². The zero-order valence-corrected chi connectivity index (χ0v) is 37.7. The number of nitrogens with zero attached hydrogens (tertiary/aromatic N) is 3. The number of ketones is 1. The SMILES string of the molecule is CCN(CNCC(=O)NOCCOCCC(=O)NC1CC(Br)=CC=C1C(=O)NC1NC(C)=C(C)S1)C1=CNC(NC2=NC3C(N2)C(C)=C(C(C)=O)C(=O)N3C2CCCC2)C=C1. The molecule has 4 amide bonds. The number of amides is 4. The van der Waals surface area contributed by atoms with Crippen LogP contribution in [0, 0.1) is 0 Å². The minimum atomic E-state index is -0.483. The van der Waals surface area contributed by atoms with Gasteiger partial charge in [0.2, 0.25) is 5.91 Å². The normalized spacial score (nSPS) is 24.8. The summed E-state index contributed by atoms with van der Waals surface area (Å²) in [6.45, 7) is 10.8. The number of hydrogen-bond acceptors (Lipinski definition) is 15. The van der Waals surface area contributed by atoms with Gasteiger partial charge in [-0.2, -0.15) is 0 Å². The Morgan fingerprint density at radius 3 is 2.52 bits per heavy atom. The summed E-state index contributed by atoms with van der Waals surface area (Å²) in [4.78, 5) is 79.3. The van der Waals surface area contributed by atoms with Gasteiger partial charge in [-0.05, 0) is 69.7 Å². The van der Waals surface area contributed by atoms with Gasteiger partial charge < -0.3 is 46.4 Å². The molecular weight excluding hydrogens is 870 g/mol. The van der Waals surface area contributed by atoms with Gasteiger partial charge in [0.05, 0.1) is 56.4 Å². The lowest BCUT2D eigenvalue weighted by Crippen LogP contribution is -2.57. The van der Waals surface area contributed by atoms with E-state index >= 15 is 0 Å². The highest BCUT2D eigenvalue weighted by atomic mass is 79.9. The van der Waals surface area contributed by atoms with Crippen LogP contribution in [0.4, 0.5) is 0 Å². The Morgan fingerprint density at radius 2 is 1.84 bits per heavy atom. The molecule has 0 aromatic heterocycles. The molecule has 0 bridgehead atoms. The average molecular weight is 929 g/mol. The molecule has 0 aromatic carbocycles. The Hall–Kier alpha value is -4.63. The minimum absolute atomic E-state index is 0.0205. The van der Waals surface area contributed by atoms with Crippen molar-refractivity contribution in [2.45, 2.75) is 109 Å². The first kappa shape index (κ1) is 45.9. The first-order chi connectivity index (χ1) is 29.3. The molecule has 332 valence electrons. The van der Waals surface area contributed by atoms with E-state index in [1.165, 1.54) is 18.7 Å². The van der Waals surface area contributed by atoms with E-state index < -0.39 is 12.2 Å². The summed E-state index contributed by atoms with van der Waals surface area (Å²) in [6.07, 6.45) is 13.2. The number of carbonyl (C=O) groups excluding carboxylic acids is 5. The van der Waals surface area contributed by atoms with Gasteiger partial charge in [-0.3, -0.25) is 34.1 Å². The molecule has 2 aliphatic carbocycles. The molecule has 0 spiro atoms. The lowest BCUT2D eigenvalue weighted by Gasteiger charge is -2.40. The van der Waals surface area contributed by atoms with Gasteiger partial charge in [-0.15, -0.1) is 0 Å². The van der Waals surface area contributed by atoms with Gasteiger partial charge in [0.1, 0.15) is 6.17 Å². The molecule has 4 aliphatic heterocycles. The number of hydrogen-bond donors (Lipinski definition) is 8. The average Bonchev–Trinajstić information content (AvgIpc) is 3.97. The predicted molar refractivity (Wildman–Crippen MR) is 235 cm³/mol. The molecule has 5 unspecified atom stereocenters. The summed E-state index contributed by atoms with van der Waals surface area (Å²) in [5.41, 5.74) is 5.53. The summed E-state index contributed by atoms with van der Waals surface area (Å²) in [7, 11) is 0. The van der Waals surface area contributed by atoms with E-state index in [2.05, 4.69) is 63.5 Å². The lowest BCUT2D eigenvalue weighted by molar-refractivity contribution is -0.135. The number of Topliss-reactive ketones (excluding diaryl/α,β-unsaturated/α-hetero) is 1. The molecule has 0 radical (unpaired) electrons. The van der Waals surface area contributed by atoms with Gasteiger partial charge in [-0.1, -0.05) is 52.7 Å². The number of carbonyl (C=O) groups is 5. The third kappa shape index (κ3) is 11.8. The Kier molecular flexibility index (Phi) is 16.1. The maximum atomic E-state index is 13.5. The molecule has 6 aliphatic rings. The lowest BCUT2D eigenvalue weighted by atomic mass is 9.90. The van der Waals surface area contributed by atoms with E-state index in [1.807, 2.05) is 57.0 Å². The van der Waals surface area contributed by atoms with Gasteiger partial charge in [-0.25, -0.2) is 10.5 Å². The first-order valence-electron chi connectivity index (χ1n) is 20.8. The first-order valence-corrected chi connectivity index (χ1v) is 22.5. The van der Waals surface area contributed by atoms with Crippen LogP contribution in [0.3, 0.4) is 0 Å².